The summed E-state index contributed by atoms with van der Waals surface area (Å²) in [6.07, 6.45) is 5.56. The van der Waals surface area contributed by atoms with E-state index < -0.39 is 0 Å². The molecule has 96 valence electrons. The Morgan fingerprint density at radius 3 is 2.94 bits per heavy atom. The molecule has 1 aromatic rings. The van der Waals surface area contributed by atoms with Gasteiger partial charge in [0.25, 0.3) is 0 Å². The van der Waals surface area contributed by atoms with Crippen LogP contribution in [0.4, 0.5) is 0 Å². The topological polar surface area (TPSA) is 36.3 Å². The zero-order chi connectivity index (χ0) is 12.3. The molecule has 17 heavy (non-hydrogen) atoms. The summed E-state index contributed by atoms with van der Waals surface area (Å²) < 4.78 is 13.3. The predicted octanol–water partition coefficient (Wildman–Crippen LogP) is 2.46. The molecule has 0 bridgehead atoms. The lowest BCUT2D eigenvalue weighted by Gasteiger charge is -2.40. The third kappa shape index (κ3) is 2.93. The third-order valence-corrected chi connectivity index (χ3v) is 3.34. The lowest BCUT2D eigenvalue weighted by atomic mass is 9.91. The van der Waals surface area contributed by atoms with Crippen LogP contribution >= 0.6 is 11.6 Å². The van der Waals surface area contributed by atoms with Crippen LogP contribution in [0.25, 0.3) is 0 Å². The Kier molecular flexibility index (Phi) is 4.29. The van der Waals surface area contributed by atoms with Gasteiger partial charge in [-0.25, -0.2) is 0 Å². The molecule has 1 aliphatic carbocycles. The number of aromatic nitrogens is 2. The van der Waals surface area contributed by atoms with Crippen LogP contribution in [0, 0.1) is 0 Å². The van der Waals surface area contributed by atoms with Gasteiger partial charge in [0, 0.05) is 19.6 Å². The lowest BCUT2D eigenvalue weighted by molar-refractivity contribution is -0.0798. The summed E-state index contributed by atoms with van der Waals surface area (Å²) in [5.41, 5.74) is 0. The minimum atomic E-state index is 0.0154. The van der Waals surface area contributed by atoms with Gasteiger partial charge >= 0.3 is 0 Å². The SMILES string of the molecule is CCCOC1C(Cl)CC1Oc1cnn(CC)c1. The summed E-state index contributed by atoms with van der Waals surface area (Å²) in [7, 11) is 0. The Balaban J connectivity index is 1.86. The Morgan fingerprint density at radius 2 is 2.35 bits per heavy atom. The molecule has 1 aromatic heterocycles. The molecule has 0 spiro atoms. The van der Waals surface area contributed by atoms with Crippen molar-refractivity contribution in [1.29, 1.82) is 0 Å². The number of ether oxygens (including phenoxy) is 2. The van der Waals surface area contributed by atoms with Crippen molar-refractivity contribution in [1.82, 2.24) is 9.78 Å². The molecule has 1 saturated carbocycles. The molecule has 5 heteroatoms. The fraction of sp³-hybridized carbons (Fsp3) is 0.750. The van der Waals surface area contributed by atoms with Crippen LogP contribution in [0.15, 0.2) is 12.4 Å². The second-order valence-corrected chi connectivity index (χ2v) is 4.84. The van der Waals surface area contributed by atoms with E-state index in [9.17, 15) is 0 Å². The molecule has 0 radical (unpaired) electrons. The minimum Gasteiger partial charge on any atom is -0.484 e. The van der Waals surface area contributed by atoms with E-state index in [1.165, 1.54) is 0 Å². The first kappa shape index (κ1) is 12.7. The first-order valence-electron chi connectivity index (χ1n) is 6.19. The summed E-state index contributed by atoms with van der Waals surface area (Å²) in [5.74, 6) is 0.797. The molecule has 0 aliphatic heterocycles. The van der Waals surface area contributed by atoms with E-state index in [0.717, 1.165) is 31.7 Å². The minimum absolute atomic E-state index is 0.0154. The lowest BCUT2D eigenvalue weighted by Crippen LogP contribution is -2.52. The van der Waals surface area contributed by atoms with Crippen molar-refractivity contribution in [3.05, 3.63) is 12.4 Å². The van der Waals surface area contributed by atoms with Gasteiger partial charge in [0.1, 0.15) is 12.2 Å². The molecule has 1 aliphatic rings. The van der Waals surface area contributed by atoms with Gasteiger partial charge in [-0.15, -0.1) is 11.6 Å². The molecule has 3 atom stereocenters. The summed E-state index contributed by atoms with van der Waals surface area (Å²) in [5, 5.41) is 4.25. The number of rotatable bonds is 6. The van der Waals surface area contributed by atoms with Crippen LogP contribution in [-0.4, -0.2) is 34.0 Å². The first-order chi connectivity index (χ1) is 8.24. The fourth-order valence-electron chi connectivity index (χ4n) is 1.86. The molecule has 3 unspecified atom stereocenters. The zero-order valence-electron chi connectivity index (χ0n) is 10.3. The smallest absolute Gasteiger partial charge is 0.157 e. The Labute approximate surface area is 107 Å². The van der Waals surface area contributed by atoms with Gasteiger partial charge < -0.3 is 9.47 Å². The zero-order valence-corrected chi connectivity index (χ0v) is 11.1. The molecule has 1 heterocycles. The molecule has 1 fully saturated rings. The second kappa shape index (κ2) is 5.74. The summed E-state index contributed by atoms with van der Waals surface area (Å²) >= 11 is 6.12. The predicted molar refractivity (Wildman–Crippen MR) is 66.6 cm³/mol. The summed E-state index contributed by atoms with van der Waals surface area (Å²) in [6, 6.07) is 0. The van der Waals surface area contributed by atoms with Crippen LogP contribution in [-0.2, 0) is 11.3 Å². The van der Waals surface area contributed by atoms with E-state index in [-0.39, 0.29) is 17.6 Å². The monoisotopic (exact) mass is 258 g/mol. The van der Waals surface area contributed by atoms with E-state index in [1.54, 1.807) is 6.20 Å². The Bertz CT molecular complexity index is 356. The van der Waals surface area contributed by atoms with Gasteiger partial charge in [-0.2, -0.15) is 5.10 Å². The fourth-order valence-corrected chi connectivity index (χ4v) is 2.27. The molecular formula is C12H19ClN2O2. The average Bonchev–Trinajstić information content (AvgIpc) is 2.77. The molecule has 4 nitrogen and oxygen atoms in total. The molecule has 0 amide bonds. The van der Waals surface area contributed by atoms with Crippen LogP contribution in [0.1, 0.15) is 26.7 Å². The highest BCUT2D eigenvalue weighted by molar-refractivity contribution is 6.21. The number of aryl methyl sites for hydroxylation is 1. The van der Waals surface area contributed by atoms with Gasteiger partial charge in [0.15, 0.2) is 5.75 Å². The van der Waals surface area contributed by atoms with Crippen molar-refractivity contribution in [2.24, 2.45) is 0 Å². The van der Waals surface area contributed by atoms with E-state index in [2.05, 4.69) is 12.0 Å². The van der Waals surface area contributed by atoms with E-state index in [1.807, 2.05) is 17.8 Å². The maximum atomic E-state index is 6.12. The molecule has 0 aromatic carbocycles. The third-order valence-electron chi connectivity index (χ3n) is 2.92. The quantitative estimate of drug-likeness (QED) is 0.736. The van der Waals surface area contributed by atoms with E-state index in [4.69, 9.17) is 21.1 Å². The Morgan fingerprint density at radius 1 is 1.53 bits per heavy atom. The van der Waals surface area contributed by atoms with Crippen molar-refractivity contribution >= 4 is 11.6 Å². The van der Waals surface area contributed by atoms with Crippen LogP contribution in [0.5, 0.6) is 5.75 Å². The highest BCUT2D eigenvalue weighted by Crippen LogP contribution is 2.32. The van der Waals surface area contributed by atoms with Crippen molar-refractivity contribution < 1.29 is 9.47 Å². The highest BCUT2D eigenvalue weighted by Gasteiger charge is 2.42. The van der Waals surface area contributed by atoms with Crippen LogP contribution in [0.2, 0.25) is 0 Å². The number of hydrogen-bond acceptors (Lipinski definition) is 3. The van der Waals surface area contributed by atoms with Crippen molar-refractivity contribution in [3.63, 3.8) is 0 Å². The van der Waals surface area contributed by atoms with E-state index in [0.29, 0.717) is 0 Å². The summed E-state index contributed by atoms with van der Waals surface area (Å²) in [4.78, 5) is 0. The van der Waals surface area contributed by atoms with Gasteiger partial charge in [-0.1, -0.05) is 6.92 Å². The molecule has 0 N–H and O–H groups in total. The number of nitrogens with zero attached hydrogens (tertiary/aromatic N) is 2. The highest BCUT2D eigenvalue weighted by atomic mass is 35.5. The average molecular weight is 259 g/mol. The molecule has 0 saturated heterocycles. The van der Waals surface area contributed by atoms with E-state index >= 15 is 0 Å². The number of halogens is 1. The van der Waals surface area contributed by atoms with Crippen molar-refractivity contribution in [3.8, 4) is 5.75 Å². The summed E-state index contributed by atoms with van der Waals surface area (Å²) in [6.45, 7) is 5.72. The van der Waals surface area contributed by atoms with Crippen molar-refractivity contribution in [2.75, 3.05) is 6.61 Å². The Hall–Kier alpha value is -0.740. The van der Waals surface area contributed by atoms with Gasteiger partial charge in [0.05, 0.1) is 17.8 Å². The molecular weight excluding hydrogens is 240 g/mol. The molecule has 2 rings (SSSR count). The van der Waals surface area contributed by atoms with Gasteiger partial charge in [-0.3, -0.25) is 4.68 Å². The number of alkyl halides is 1. The van der Waals surface area contributed by atoms with Gasteiger partial charge in [-0.05, 0) is 13.3 Å². The normalized spacial score (nSPS) is 27.8. The van der Waals surface area contributed by atoms with Crippen LogP contribution in [0.3, 0.4) is 0 Å². The maximum Gasteiger partial charge on any atom is 0.157 e. The maximum absolute atomic E-state index is 6.12. The second-order valence-electron chi connectivity index (χ2n) is 4.28. The van der Waals surface area contributed by atoms with Gasteiger partial charge in [0.2, 0.25) is 0 Å². The largest absolute Gasteiger partial charge is 0.484 e. The van der Waals surface area contributed by atoms with Crippen LogP contribution < -0.4 is 4.74 Å². The standard InChI is InChI=1S/C12H19ClN2O2/c1-3-5-16-12-10(13)6-11(12)17-9-7-14-15(4-2)8-9/h7-8,10-12H,3-6H2,1-2H3. The van der Waals surface area contributed by atoms with Crippen molar-refractivity contribution in [2.45, 2.75) is 50.8 Å². The number of hydrogen-bond donors (Lipinski definition) is 0. The first-order valence-corrected chi connectivity index (χ1v) is 6.63.